The van der Waals surface area contributed by atoms with E-state index in [4.69, 9.17) is 4.74 Å². The van der Waals surface area contributed by atoms with Gasteiger partial charge in [-0.15, -0.1) is 0 Å². The van der Waals surface area contributed by atoms with Gasteiger partial charge in [-0.3, -0.25) is 4.79 Å². The molecule has 0 saturated heterocycles. The second-order valence-electron chi connectivity index (χ2n) is 6.25. The second kappa shape index (κ2) is 12.2. The zero-order chi connectivity index (χ0) is 21.8. The minimum atomic E-state index is -0.222. The van der Waals surface area contributed by atoms with Gasteiger partial charge in [0.15, 0.2) is 0 Å². The lowest BCUT2D eigenvalue weighted by Crippen LogP contribution is -2.21. The van der Waals surface area contributed by atoms with Crippen LogP contribution in [0.3, 0.4) is 0 Å². The molecule has 0 aliphatic heterocycles. The van der Waals surface area contributed by atoms with Crippen molar-refractivity contribution in [1.82, 2.24) is 15.2 Å². The van der Waals surface area contributed by atoms with Crippen LogP contribution in [0.2, 0.25) is 0 Å². The molecule has 0 aliphatic carbocycles. The highest BCUT2D eigenvalue weighted by Gasteiger charge is 2.09. The van der Waals surface area contributed by atoms with E-state index in [2.05, 4.69) is 29.5 Å². The normalized spacial score (nSPS) is 13.0. The standard InChI is InChI=1S/C24H31N3O2/c1-8-19(9-2)20(12-13-22(10-3)27(6)11-4)16-18(5)26-24(28)21-14-15-25-23(17-21)29-7/h8-12,14-17H,1,4,13H2,2-3,5-7H3,(H,26,28)/b18-16+,19-9-,20-12-,22-10-. The van der Waals surface area contributed by atoms with Gasteiger partial charge in [0.25, 0.3) is 5.91 Å². The first-order valence-electron chi connectivity index (χ1n) is 9.39. The molecule has 0 aliphatic rings. The summed E-state index contributed by atoms with van der Waals surface area (Å²) in [5, 5.41) is 2.91. The molecule has 1 rings (SSSR count). The van der Waals surface area contributed by atoms with Gasteiger partial charge in [0, 0.05) is 42.7 Å². The Morgan fingerprint density at radius 2 is 2.00 bits per heavy atom. The van der Waals surface area contributed by atoms with Crippen LogP contribution in [0.5, 0.6) is 5.88 Å². The maximum atomic E-state index is 12.5. The molecule has 1 N–H and O–H groups in total. The number of hydrogen-bond acceptors (Lipinski definition) is 4. The van der Waals surface area contributed by atoms with Crippen molar-refractivity contribution in [3.05, 3.63) is 96.2 Å². The Kier molecular flexibility index (Phi) is 9.96. The quantitative estimate of drug-likeness (QED) is 0.559. The number of rotatable bonds is 10. The maximum Gasteiger partial charge on any atom is 0.255 e. The number of amides is 1. The summed E-state index contributed by atoms with van der Waals surface area (Å²) in [6.07, 6.45) is 13.9. The van der Waals surface area contributed by atoms with Crippen LogP contribution < -0.4 is 10.1 Å². The van der Waals surface area contributed by atoms with Gasteiger partial charge in [0.1, 0.15) is 0 Å². The number of carbonyl (C=O) groups is 1. The number of aromatic nitrogens is 1. The monoisotopic (exact) mass is 393 g/mol. The summed E-state index contributed by atoms with van der Waals surface area (Å²) in [6, 6.07) is 3.25. The molecular weight excluding hydrogens is 362 g/mol. The summed E-state index contributed by atoms with van der Waals surface area (Å²) in [4.78, 5) is 18.5. The van der Waals surface area contributed by atoms with Crippen LogP contribution in [-0.2, 0) is 0 Å². The Bertz CT molecular complexity index is 861. The summed E-state index contributed by atoms with van der Waals surface area (Å²) in [7, 11) is 3.48. The van der Waals surface area contributed by atoms with Crippen molar-refractivity contribution in [2.45, 2.75) is 27.2 Å². The molecule has 0 saturated carbocycles. The van der Waals surface area contributed by atoms with Crippen molar-refractivity contribution in [3.63, 3.8) is 0 Å². The highest BCUT2D eigenvalue weighted by molar-refractivity contribution is 5.95. The Labute approximate surface area is 174 Å². The third-order valence-electron chi connectivity index (χ3n) is 4.34. The molecule has 1 amide bonds. The van der Waals surface area contributed by atoms with Gasteiger partial charge in [0.05, 0.1) is 7.11 Å². The molecule has 1 heterocycles. The molecule has 0 radical (unpaired) electrons. The SMILES string of the molecule is C=CC(=C/C)/C(=C\C/C(=C/C)N(C)C=C)/C=C(\C)NC(=O)c1ccnc(OC)c1. The van der Waals surface area contributed by atoms with E-state index in [-0.39, 0.29) is 5.91 Å². The molecule has 154 valence electrons. The van der Waals surface area contributed by atoms with Gasteiger partial charge in [-0.1, -0.05) is 37.5 Å². The predicted octanol–water partition coefficient (Wildman–Crippen LogP) is 5.15. The highest BCUT2D eigenvalue weighted by Crippen LogP contribution is 2.19. The van der Waals surface area contributed by atoms with Gasteiger partial charge in [0.2, 0.25) is 5.88 Å². The first kappa shape index (κ1) is 23.7. The molecule has 29 heavy (non-hydrogen) atoms. The third-order valence-corrected chi connectivity index (χ3v) is 4.34. The van der Waals surface area contributed by atoms with Crippen molar-refractivity contribution < 1.29 is 9.53 Å². The van der Waals surface area contributed by atoms with E-state index in [9.17, 15) is 4.79 Å². The minimum absolute atomic E-state index is 0.222. The summed E-state index contributed by atoms with van der Waals surface area (Å²) in [6.45, 7) is 13.5. The number of pyridine rings is 1. The predicted molar refractivity (Wildman–Crippen MR) is 120 cm³/mol. The first-order chi connectivity index (χ1) is 13.9. The summed E-state index contributed by atoms with van der Waals surface area (Å²) < 4.78 is 5.08. The number of nitrogens with one attached hydrogen (secondary N) is 1. The molecule has 0 fully saturated rings. The lowest BCUT2D eigenvalue weighted by molar-refractivity contribution is 0.0965. The Hall–Kier alpha value is -3.34. The van der Waals surface area contributed by atoms with Crippen LogP contribution in [-0.4, -0.2) is 29.9 Å². The van der Waals surface area contributed by atoms with Crippen LogP contribution in [0.15, 0.2) is 90.6 Å². The van der Waals surface area contributed by atoms with Gasteiger partial charge in [-0.2, -0.15) is 0 Å². The highest BCUT2D eigenvalue weighted by atomic mass is 16.5. The topological polar surface area (TPSA) is 54.5 Å². The van der Waals surface area contributed by atoms with Crippen molar-refractivity contribution in [3.8, 4) is 5.88 Å². The second-order valence-corrected chi connectivity index (χ2v) is 6.25. The Balaban J connectivity index is 3.11. The van der Waals surface area contributed by atoms with Crippen LogP contribution >= 0.6 is 0 Å². The van der Waals surface area contributed by atoms with Crippen molar-refractivity contribution in [2.75, 3.05) is 14.2 Å². The molecular formula is C24H31N3O2. The number of carbonyl (C=O) groups excluding carboxylic acids is 1. The molecule has 0 spiro atoms. The molecule has 0 aromatic carbocycles. The fourth-order valence-corrected chi connectivity index (χ4v) is 2.64. The summed E-state index contributed by atoms with van der Waals surface area (Å²) in [5.74, 6) is 0.174. The molecule has 1 aromatic rings. The zero-order valence-corrected chi connectivity index (χ0v) is 18.0. The molecule has 1 aromatic heterocycles. The average Bonchev–Trinajstić information content (AvgIpc) is 2.74. The van der Waals surface area contributed by atoms with Gasteiger partial charge >= 0.3 is 0 Å². The lowest BCUT2D eigenvalue weighted by atomic mass is 10.0. The maximum absolute atomic E-state index is 12.5. The number of ether oxygens (including phenoxy) is 1. The Morgan fingerprint density at radius 1 is 1.28 bits per heavy atom. The van der Waals surface area contributed by atoms with Crippen molar-refractivity contribution in [2.24, 2.45) is 0 Å². The summed E-state index contributed by atoms with van der Waals surface area (Å²) >= 11 is 0. The fraction of sp³-hybridized carbons (Fsp3) is 0.250. The lowest BCUT2D eigenvalue weighted by Gasteiger charge is -2.17. The average molecular weight is 394 g/mol. The van der Waals surface area contributed by atoms with E-state index in [1.165, 1.54) is 7.11 Å². The van der Waals surface area contributed by atoms with Gasteiger partial charge in [-0.25, -0.2) is 4.98 Å². The molecule has 5 nitrogen and oxygen atoms in total. The van der Waals surface area contributed by atoms with Crippen LogP contribution in [0.4, 0.5) is 0 Å². The fourth-order valence-electron chi connectivity index (χ4n) is 2.64. The van der Waals surface area contributed by atoms with E-state index < -0.39 is 0 Å². The van der Waals surface area contributed by atoms with Crippen LogP contribution in [0.1, 0.15) is 37.6 Å². The van der Waals surface area contributed by atoms with Gasteiger partial charge < -0.3 is 15.0 Å². The van der Waals surface area contributed by atoms with E-state index in [0.717, 1.165) is 29.0 Å². The third kappa shape index (κ3) is 7.30. The minimum Gasteiger partial charge on any atom is -0.481 e. The molecule has 0 bridgehead atoms. The number of nitrogens with zero attached hydrogens (tertiary/aromatic N) is 2. The van der Waals surface area contributed by atoms with E-state index >= 15 is 0 Å². The van der Waals surface area contributed by atoms with Crippen LogP contribution in [0.25, 0.3) is 0 Å². The molecule has 0 unspecified atom stereocenters. The smallest absolute Gasteiger partial charge is 0.255 e. The van der Waals surface area contributed by atoms with Gasteiger partial charge in [-0.05, 0) is 50.3 Å². The molecule has 0 atom stereocenters. The summed E-state index contributed by atoms with van der Waals surface area (Å²) in [5.41, 5.74) is 4.28. The largest absolute Gasteiger partial charge is 0.481 e. The number of allylic oxidation sites excluding steroid dienone is 8. The Morgan fingerprint density at radius 3 is 2.55 bits per heavy atom. The number of hydrogen-bond donors (Lipinski definition) is 1. The number of methoxy groups -OCH3 is 1. The van der Waals surface area contributed by atoms with E-state index in [1.807, 2.05) is 50.9 Å². The van der Waals surface area contributed by atoms with E-state index in [1.54, 1.807) is 30.6 Å². The first-order valence-corrected chi connectivity index (χ1v) is 9.39. The molecule has 5 heteroatoms. The van der Waals surface area contributed by atoms with E-state index in [0.29, 0.717) is 11.4 Å². The van der Waals surface area contributed by atoms with Crippen LogP contribution in [0, 0.1) is 0 Å². The zero-order valence-electron chi connectivity index (χ0n) is 18.0. The van der Waals surface area contributed by atoms with Crippen molar-refractivity contribution >= 4 is 5.91 Å². The van der Waals surface area contributed by atoms with Crippen molar-refractivity contribution in [1.29, 1.82) is 0 Å².